The molecule has 5 heteroatoms. The fourth-order valence-corrected chi connectivity index (χ4v) is 9.89. The van der Waals surface area contributed by atoms with Crippen LogP contribution in [-0.4, -0.2) is 19.1 Å². The minimum absolute atomic E-state index is 0.719. The Labute approximate surface area is 332 Å². The van der Waals surface area contributed by atoms with Gasteiger partial charge in [-0.05, 0) is 71.8 Å². The maximum atomic E-state index is 5.29. The number of hydrogen-bond acceptors (Lipinski definition) is 3. The summed E-state index contributed by atoms with van der Waals surface area (Å²) >= 11 is 1.76. The summed E-state index contributed by atoms with van der Waals surface area (Å²) in [5.41, 5.74) is 13.3. The lowest BCUT2D eigenvalue weighted by atomic mass is 10.0. The molecule has 0 aliphatic heterocycles. The molecule has 0 spiro atoms. The molecule has 0 unspecified atom stereocenters. The first-order valence-corrected chi connectivity index (χ1v) is 20.1. The highest BCUT2D eigenvalue weighted by Gasteiger charge is 2.19. The minimum atomic E-state index is 0.719. The Hall–Kier alpha value is -7.34. The van der Waals surface area contributed by atoms with Gasteiger partial charge in [0.05, 0.1) is 38.0 Å². The van der Waals surface area contributed by atoms with Crippen molar-refractivity contribution in [1.82, 2.24) is 19.1 Å². The zero-order valence-electron chi connectivity index (χ0n) is 30.7. The molecule has 57 heavy (non-hydrogen) atoms. The lowest BCUT2D eigenvalue weighted by Crippen LogP contribution is -1.97. The maximum Gasteiger partial charge on any atom is 0.160 e. The van der Waals surface area contributed by atoms with E-state index in [1.54, 1.807) is 11.3 Å². The molecule has 4 aromatic heterocycles. The van der Waals surface area contributed by atoms with Crippen molar-refractivity contribution in [3.63, 3.8) is 0 Å². The van der Waals surface area contributed by atoms with Gasteiger partial charge in [-0.3, -0.25) is 0 Å². The van der Waals surface area contributed by atoms with Gasteiger partial charge in [0.1, 0.15) is 0 Å². The van der Waals surface area contributed by atoms with Gasteiger partial charge in [-0.1, -0.05) is 133 Å². The maximum absolute atomic E-state index is 5.29. The van der Waals surface area contributed by atoms with Crippen LogP contribution in [0, 0.1) is 0 Å². The van der Waals surface area contributed by atoms with Gasteiger partial charge >= 0.3 is 0 Å². The van der Waals surface area contributed by atoms with Crippen LogP contribution in [-0.2, 0) is 0 Å². The monoisotopic (exact) mass is 744 g/mol. The number of rotatable bonds is 5. The Morgan fingerprint density at radius 1 is 0.351 bits per heavy atom. The summed E-state index contributed by atoms with van der Waals surface area (Å²) in [6.07, 6.45) is 0. The number of aromatic nitrogens is 4. The lowest BCUT2D eigenvalue weighted by molar-refractivity contribution is 1.17. The van der Waals surface area contributed by atoms with E-state index in [1.807, 2.05) is 0 Å². The molecule has 0 bridgehead atoms. The first kappa shape index (κ1) is 32.0. The van der Waals surface area contributed by atoms with Crippen LogP contribution < -0.4 is 0 Å². The number of para-hydroxylation sites is 3. The number of benzene rings is 8. The Kier molecular flexibility index (Phi) is 7.06. The molecule has 12 aromatic rings. The van der Waals surface area contributed by atoms with E-state index in [0.29, 0.717) is 0 Å². The molecular formula is C52H32N4S. The highest BCUT2D eigenvalue weighted by molar-refractivity contribution is 7.26. The smallest absolute Gasteiger partial charge is 0.160 e. The number of nitrogens with zero attached hydrogens (tertiary/aromatic N) is 4. The molecule has 12 rings (SSSR count). The molecule has 0 aliphatic rings. The highest BCUT2D eigenvalue weighted by atomic mass is 32.1. The van der Waals surface area contributed by atoms with E-state index in [0.717, 1.165) is 60.7 Å². The van der Waals surface area contributed by atoms with Crippen LogP contribution in [0.5, 0.6) is 0 Å². The third-order valence-electron chi connectivity index (χ3n) is 11.3. The molecule has 0 saturated carbocycles. The van der Waals surface area contributed by atoms with Crippen LogP contribution in [0.3, 0.4) is 0 Å². The topological polar surface area (TPSA) is 35.6 Å². The van der Waals surface area contributed by atoms with Gasteiger partial charge in [-0.2, -0.15) is 0 Å². The Balaban J connectivity index is 1.04. The summed E-state index contributed by atoms with van der Waals surface area (Å²) in [5.74, 6) is 0.719. The number of fused-ring (bicyclic) bond motifs is 9. The van der Waals surface area contributed by atoms with E-state index in [-0.39, 0.29) is 0 Å². The molecule has 0 fully saturated rings. The van der Waals surface area contributed by atoms with E-state index in [2.05, 4.69) is 203 Å². The quantitative estimate of drug-likeness (QED) is 0.176. The Morgan fingerprint density at radius 3 is 1.74 bits per heavy atom. The summed E-state index contributed by atoms with van der Waals surface area (Å²) in [7, 11) is 0. The van der Waals surface area contributed by atoms with Crippen molar-refractivity contribution in [3.8, 4) is 45.1 Å². The van der Waals surface area contributed by atoms with Crippen molar-refractivity contribution >= 4 is 75.3 Å². The minimum Gasteiger partial charge on any atom is -0.309 e. The molecule has 0 N–H and O–H groups in total. The second kappa shape index (κ2) is 12.6. The van der Waals surface area contributed by atoms with Gasteiger partial charge in [-0.15, -0.1) is 11.3 Å². The third-order valence-corrected chi connectivity index (χ3v) is 12.5. The summed E-state index contributed by atoms with van der Waals surface area (Å²) in [6, 6.07) is 69.6. The average Bonchev–Trinajstić information content (AvgIpc) is 3.94. The summed E-state index contributed by atoms with van der Waals surface area (Å²) in [5, 5.41) is 6.09. The molecule has 8 aromatic carbocycles. The van der Waals surface area contributed by atoms with Gasteiger partial charge in [-0.25, -0.2) is 9.97 Å². The van der Waals surface area contributed by atoms with Crippen molar-refractivity contribution in [2.45, 2.75) is 0 Å². The number of hydrogen-bond donors (Lipinski definition) is 0. The van der Waals surface area contributed by atoms with Crippen molar-refractivity contribution in [2.75, 3.05) is 0 Å². The second-order valence-corrected chi connectivity index (χ2v) is 15.6. The van der Waals surface area contributed by atoms with Crippen molar-refractivity contribution < 1.29 is 0 Å². The highest BCUT2D eigenvalue weighted by Crippen LogP contribution is 2.41. The van der Waals surface area contributed by atoms with Crippen LogP contribution in [0.1, 0.15) is 0 Å². The average molecular weight is 745 g/mol. The fourth-order valence-electron chi connectivity index (χ4n) is 8.73. The molecule has 0 atom stereocenters. The third kappa shape index (κ3) is 4.99. The zero-order chi connectivity index (χ0) is 37.5. The fraction of sp³-hybridized carbons (Fsp3) is 0. The molecule has 0 aliphatic carbocycles. The number of thiophene rings is 1. The Bertz CT molecular complexity index is 3520. The molecule has 266 valence electrons. The first-order valence-electron chi connectivity index (χ1n) is 19.2. The summed E-state index contributed by atoms with van der Waals surface area (Å²) in [6.45, 7) is 0. The molecular weight excluding hydrogens is 713 g/mol. The van der Waals surface area contributed by atoms with E-state index < -0.39 is 0 Å². The first-order chi connectivity index (χ1) is 28.3. The molecule has 4 nitrogen and oxygen atoms in total. The van der Waals surface area contributed by atoms with Crippen molar-refractivity contribution in [3.05, 3.63) is 194 Å². The molecule has 0 amide bonds. The standard InChI is InChI=1S/C52H32N4S/c1-3-14-33(15-4-1)49-51-50(42-22-9-12-25-48(42)57-51)54-52(53-49)36-16-13-19-38(30-36)56-44-23-10-7-20-39(44)41-28-26-35(32-47(41)56)34-27-29-46-43(31-34)40-21-8-11-24-45(40)55(46)37-17-5-2-6-18-37/h1-32H. The molecule has 0 saturated heterocycles. The van der Waals surface area contributed by atoms with E-state index in [4.69, 9.17) is 9.97 Å². The molecule has 4 heterocycles. The predicted molar refractivity (Wildman–Crippen MR) is 240 cm³/mol. The lowest BCUT2D eigenvalue weighted by Gasteiger charge is -2.12. The predicted octanol–water partition coefficient (Wildman–Crippen LogP) is 14.0. The van der Waals surface area contributed by atoms with Gasteiger partial charge in [0, 0.05) is 54.1 Å². The zero-order valence-corrected chi connectivity index (χ0v) is 31.5. The van der Waals surface area contributed by atoms with Gasteiger partial charge in [0.15, 0.2) is 5.82 Å². The van der Waals surface area contributed by atoms with E-state index >= 15 is 0 Å². The van der Waals surface area contributed by atoms with Gasteiger partial charge in [0.2, 0.25) is 0 Å². The Morgan fingerprint density at radius 2 is 0.930 bits per heavy atom. The SMILES string of the molecule is c1ccc(-c2nc(-c3cccc(-n4c5ccccc5c5ccc(-c6ccc7c(c6)c6ccccc6n7-c6ccccc6)cc54)c3)nc3c2sc2ccccc23)cc1. The van der Waals surface area contributed by atoms with Crippen LogP contribution in [0.4, 0.5) is 0 Å². The second-order valence-electron chi connectivity index (χ2n) is 14.6. The largest absolute Gasteiger partial charge is 0.309 e. The van der Waals surface area contributed by atoms with Gasteiger partial charge in [0.25, 0.3) is 0 Å². The summed E-state index contributed by atoms with van der Waals surface area (Å²) < 4.78 is 7.09. The van der Waals surface area contributed by atoms with E-state index in [1.165, 1.54) is 48.4 Å². The van der Waals surface area contributed by atoms with Crippen LogP contribution in [0.15, 0.2) is 194 Å². The van der Waals surface area contributed by atoms with Crippen LogP contribution >= 0.6 is 11.3 Å². The summed E-state index contributed by atoms with van der Waals surface area (Å²) in [4.78, 5) is 10.6. The van der Waals surface area contributed by atoms with Gasteiger partial charge < -0.3 is 9.13 Å². The van der Waals surface area contributed by atoms with Crippen molar-refractivity contribution in [1.29, 1.82) is 0 Å². The molecule has 0 radical (unpaired) electrons. The normalized spacial score (nSPS) is 11.9. The van der Waals surface area contributed by atoms with Crippen LogP contribution in [0.25, 0.3) is 109 Å². The van der Waals surface area contributed by atoms with Crippen LogP contribution in [0.2, 0.25) is 0 Å². The van der Waals surface area contributed by atoms with Crippen molar-refractivity contribution in [2.24, 2.45) is 0 Å². The van der Waals surface area contributed by atoms with E-state index in [9.17, 15) is 0 Å².